The molecule has 0 rings (SSSR count). The van der Waals surface area contributed by atoms with E-state index in [1.165, 1.54) is 0 Å². The van der Waals surface area contributed by atoms with E-state index in [0.29, 0.717) is 0 Å². The van der Waals surface area contributed by atoms with E-state index < -0.39 is 4.33 Å². The zero-order valence-corrected chi connectivity index (χ0v) is 7.17. The highest BCUT2D eigenvalue weighted by Gasteiger charge is 2.13. The fourth-order valence-corrected chi connectivity index (χ4v) is 0.824. The largest absolute Gasteiger partial charge is 0.115 e. The maximum absolute atomic E-state index is 5.70. The van der Waals surface area contributed by atoms with Crippen molar-refractivity contribution in [2.24, 2.45) is 0 Å². The van der Waals surface area contributed by atoms with Crippen molar-refractivity contribution in [1.82, 2.24) is 0 Å². The first kappa shape index (κ1) is 9.32. The highest BCUT2D eigenvalue weighted by atomic mass is 35.5. The van der Waals surface area contributed by atoms with E-state index in [1.54, 1.807) is 6.92 Å². The number of halogens is 2. The summed E-state index contributed by atoms with van der Waals surface area (Å²) in [4.78, 5) is 0. The first-order valence-corrected chi connectivity index (χ1v) is 3.80. The predicted octanol–water partition coefficient (Wildman–Crippen LogP) is 3.54. The third-order valence-electron chi connectivity index (χ3n) is 1.02. The van der Waals surface area contributed by atoms with Crippen molar-refractivity contribution in [3.8, 4) is 0 Å². The molecular weight excluding hydrogens is 155 g/mol. The van der Waals surface area contributed by atoms with Crippen LogP contribution in [-0.4, -0.2) is 4.33 Å². The number of unbranched alkanes of at least 4 members (excludes halogenated alkanes) is 1. The molecule has 0 aromatic rings. The molecule has 0 aromatic heterocycles. The molecule has 0 amide bonds. The van der Waals surface area contributed by atoms with E-state index in [4.69, 9.17) is 23.2 Å². The summed E-state index contributed by atoms with van der Waals surface area (Å²) in [6.07, 6.45) is 4.73. The van der Waals surface area contributed by atoms with Crippen LogP contribution in [0.25, 0.3) is 0 Å². The molecule has 0 radical (unpaired) electrons. The maximum atomic E-state index is 5.70. The lowest BCUT2D eigenvalue weighted by molar-refractivity contribution is 0.694. The van der Waals surface area contributed by atoms with E-state index in [-0.39, 0.29) is 0 Å². The minimum absolute atomic E-state index is 0.553. The Labute approximate surface area is 66.8 Å². The van der Waals surface area contributed by atoms with Gasteiger partial charge in [-0.25, -0.2) is 0 Å². The fourth-order valence-electron chi connectivity index (χ4n) is 0.557. The van der Waals surface area contributed by atoms with Crippen LogP contribution in [0.1, 0.15) is 26.2 Å². The van der Waals surface area contributed by atoms with Crippen molar-refractivity contribution < 1.29 is 0 Å². The van der Waals surface area contributed by atoms with Gasteiger partial charge in [-0.15, -0.1) is 29.8 Å². The summed E-state index contributed by atoms with van der Waals surface area (Å²) in [5.41, 5.74) is 0. The van der Waals surface area contributed by atoms with E-state index >= 15 is 0 Å². The van der Waals surface area contributed by atoms with Gasteiger partial charge in [0.15, 0.2) is 0 Å². The van der Waals surface area contributed by atoms with Crippen LogP contribution in [0.15, 0.2) is 12.7 Å². The van der Waals surface area contributed by atoms with E-state index in [2.05, 4.69) is 6.58 Å². The molecule has 0 spiro atoms. The smallest absolute Gasteiger partial charge is 0.103 e. The van der Waals surface area contributed by atoms with Crippen molar-refractivity contribution in [2.75, 3.05) is 0 Å². The number of hydrogen-bond acceptors (Lipinski definition) is 0. The summed E-state index contributed by atoms with van der Waals surface area (Å²) in [6, 6.07) is 0. The second kappa shape index (κ2) is 4.19. The molecule has 2 heteroatoms. The molecule has 0 saturated heterocycles. The second-order valence-corrected chi connectivity index (χ2v) is 4.11. The normalized spacial score (nSPS) is 11.4. The number of rotatable bonds is 4. The highest BCUT2D eigenvalue weighted by molar-refractivity contribution is 6.48. The lowest BCUT2D eigenvalue weighted by atomic mass is 10.2. The molecule has 54 valence electrons. The van der Waals surface area contributed by atoms with Gasteiger partial charge in [0.05, 0.1) is 0 Å². The van der Waals surface area contributed by atoms with Gasteiger partial charge in [-0.05, 0) is 26.2 Å². The van der Waals surface area contributed by atoms with Crippen molar-refractivity contribution in [2.45, 2.75) is 30.5 Å². The van der Waals surface area contributed by atoms with Crippen LogP contribution in [0.3, 0.4) is 0 Å². The molecule has 0 unspecified atom stereocenters. The van der Waals surface area contributed by atoms with Crippen LogP contribution in [0.5, 0.6) is 0 Å². The van der Waals surface area contributed by atoms with E-state index in [9.17, 15) is 0 Å². The minimum Gasteiger partial charge on any atom is -0.103 e. The maximum Gasteiger partial charge on any atom is 0.115 e. The van der Waals surface area contributed by atoms with Crippen molar-refractivity contribution in [3.05, 3.63) is 12.7 Å². The first-order chi connectivity index (χ1) is 4.06. The number of allylic oxidation sites excluding steroid dienone is 1. The zero-order chi connectivity index (χ0) is 7.33. The zero-order valence-electron chi connectivity index (χ0n) is 5.66. The van der Waals surface area contributed by atoms with Crippen LogP contribution < -0.4 is 0 Å². The molecule has 0 N–H and O–H groups in total. The molecule has 0 saturated carbocycles. The van der Waals surface area contributed by atoms with Crippen molar-refractivity contribution in [3.63, 3.8) is 0 Å². The fraction of sp³-hybridized carbons (Fsp3) is 0.714. The SMILES string of the molecule is C=CCCCC(C)(Cl)Cl. The van der Waals surface area contributed by atoms with Gasteiger partial charge in [-0.1, -0.05) is 6.08 Å². The molecule has 0 aromatic carbocycles. The van der Waals surface area contributed by atoms with Gasteiger partial charge >= 0.3 is 0 Å². The molecule has 0 nitrogen and oxygen atoms in total. The summed E-state index contributed by atoms with van der Waals surface area (Å²) in [6.45, 7) is 5.40. The molecule has 0 bridgehead atoms. The first-order valence-electron chi connectivity index (χ1n) is 3.05. The third-order valence-corrected chi connectivity index (χ3v) is 1.40. The summed E-state index contributed by atoms with van der Waals surface area (Å²) in [7, 11) is 0. The lowest BCUT2D eigenvalue weighted by Gasteiger charge is -2.10. The molecular formula is C7H12Cl2. The summed E-state index contributed by atoms with van der Waals surface area (Å²) >= 11 is 11.4. The average molecular weight is 167 g/mol. The van der Waals surface area contributed by atoms with Gasteiger partial charge in [0.25, 0.3) is 0 Å². The Kier molecular flexibility index (Phi) is 4.33. The van der Waals surface area contributed by atoms with E-state index in [1.807, 2.05) is 6.08 Å². The number of alkyl halides is 2. The summed E-state index contributed by atoms with van der Waals surface area (Å²) in [5, 5.41) is 0. The lowest BCUT2D eigenvalue weighted by Crippen LogP contribution is -2.04. The van der Waals surface area contributed by atoms with Crippen molar-refractivity contribution in [1.29, 1.82) is 0 Å². The Balaban J connectivity index is 3.17. The summed E-state index contributed by atoms with van der Waals surface area (Å²) < 4.78 is -0.553. The van der Waals surface area contributed by atoms with Crippen LogP contribution in [0.2, 0.25) is 0 Å². The van der Waals surface area contributed by atoms with Crippen LogP contribution in [0.4, 0.5) is 0 Å². The van der Waals surface area contributed by atoms with Gasteiger partial charge in [-0.2, -0.15) is 0 Å². The minimum atomic E-state index is -0.553. The van der Waals surface area contributed by atoms with Crippen LogP contribution >= 0.6 is 23.2 Å². The van der Waals surface area contributed by atoms with Crippen LogP contribution in [0, 0.1) is 0 Å². The van der Waals surface area contributed by atoms with Gasteiger partial charge in [0.2, 0.25) is 0 Å². The molecule has 0 heterocycles. The number of hydrogen-bond donors (Lipinski definition) is 0. The molecule has 9 heavy (non-hydrogen) atoms. The standard InChI is InChI=1S/C7H12Cl2/c1-3-4-5-6-7(2,8)9/h3H,1,4-6H2,2H3. The highest BCUT2D eigenvalue weighted by Crippen LogP contribution is 2.25. The third kappa shape index (κ3) is 8.32. The van der Waals surface area contributed by atoms with Gasteiger partial charge in [0, 0.05) is 0 Å². The molecule has 0 fully saturated rings. The van der Waals surface area contributed by atoms with E-state index in [0.717, 1.165) is 19.3 Å². The Morgan fingerprint density at radius 1 is 1.56 bits per heavy atom. The van der Waals surface area contributed by atoms with Gasteiger partial charge in [-0.3, -0.25) is 0 Å². The summed E-state index contributed by atoms with van der Waals surface area (Å²) in [5.74, 6) is 0. The average Bonchev–Trinajstić information content (AvgIpc) is 1.63. The predicted molar refractivity (Wildman–Crippen MR) is 44.2 cm³/mol. The van der Waals surface area contributed by atoms with Gasteiger partial charge in [0.1, 0.15) is 4.33 Å². The Morgan fingerprint density at radius 2 is 2.11 bits per heavy atom. The molecule has 0 atom stereocenters. The molecule has 0 aliphatic carbocycles. The topological polar surface area (TPSA) is 0 Å². The molecule has 0 aliphatic heterocycles. The second-order valence-electron chi connectivity index (χ2n) is 2.25. The molecule has 0 aliphatic rings. The van der Waals surface area contributed by atoms with Crippen molar-refractivity contribution >= 4 is 23.2 Å². The monoisotopic (exact) mass is 166 g/mol. The Bertz CT molecular complexity index is 81.4. The van der Waals surface area contributed by atoms with Gasteiger partial charge < -0.3 is 0 Å². The quantitative estimate of drug-likeness (QED) is 0.341. The van der Waals surface area contributed by atoms with Crippen LogP contribution in [-0.2, 0) is 0 Å². The Hall–Kier alpha value is 0.320. The Morgan fingerprint density at radius 3 is 2.44 bits per heavy atom.